The zero-order chi connectivity index (χ0) is 17.0. The third kappa shape index (κ3) is 5.00. The van der Waals surface area contributed by atoms with Crippen LogP contribution in [-0.2, 0) is 11.3 Å². The Morgan fingerprint density at radius 1 is 1.35 bits per heavy atom. The first-order valence-corrected chi connectivity index (χ1v) is 9.83. The minimum atomic E-state index is 0.142. The van der Waals surface area contributed by atoms with Gasteiger partial charge in [0.05, 0.1) is 11.4 Å². The maximum absolute atomic E-state index is 12.3. The fourth-order valence-corrected chi connectivity index (χ4v) is 4.14. The molecule has 130 valence electrons. The molecule has 0 bridgehead atoms. The van der Waals surface area contributed by atoms with E-state index in [2.05, 4.69) is 42.6 Å². The van der Waals surface area contributed by atoms with Crippen LogP contribution in [0.2, 0.25) is 0 Å². The molecular weight excluding hydrogens is 306 g/mol. The molecule has 0 unspecified atom stereocenters. The van der Waals surface area contributed by atoms with E-state index in [1.54, 1.807) is 11.8 Å². The average Bonchev–Trinajstić information content (AvgIpc) is 2.75. The number of thioether (sulfide) groups is 1. The number of hydrogen-bond acceptors (Lipinski definition) is 3. The van der Waals surface area contributed by atoms with E-state index in [0.717, 1.165) is 23.8 Å². The molecule has 1 aliphatic rings. The van der Waals surface area contributed by atoms with Gasteiger partial charge in [-0.05, 0) is 38.5 Å². The van der Waals surface area contributed by atoms with Crippen LogP contribution in [0, 0.1) is 25.7 Å². The van der Waals surface area contributed by atoms with Crippen LogP contribution in [0.4, 0.5) is 0 Å². The third-order valence-electron chi connectivity index (χ3n) is 4.76. The number of amides is 1. The van der Waals surface area contributed by atoms with Gasteiger partial charge in [0.1, 0.15) is 0 Å². The molecule has 1 aliphatic carbocycles. The van der Waals surface area contributed by atoms with Crippen molar-refractivity contribution in [2.24, 2.45) is 11.8 Å². The van der Waals surface area contributed by atoms with Crippen LogP contribution in [0.25, 0.3) is 0 Å². The Bertz CT molecular complexity index is 539. The van der Waals surface area contributed by atoms with Gasteiger partial charge in [0.15, 0.2) is 5.16 Å². The van der Waals surface area contributed by atoms with Gasteiger partial charge in [-0.1, -0.05) is 45.4 Å². The first-order chi connectivity index (χ1) is 10.9. The molecule has 1 saturated carbocycles. The Balaban J connectivity index is 1.92. The summed E-state index contributed by atoms with van der Waals surface area (Å²) in [6.07, 6.45) is 4.89. The molecule has 1 aromatic rings. The molecule has 0 radical (unpaired) electrons. The van der Waals surface area contributed by atoms with Gasteiger partial charge in [-0.25, -0.2) is 4.98 Å². The minimum absolute atomic E-state index is 0.142. The lowest BCUT2D eigenvalue weighted by Gasteiger charge is -2.29. The van der Waals surface area contributed by atoms with E-state index in [1.165, 1.54) is 25.0 Å². The van der Waals surface area contributed by atoms with Crippen molar-refractivity contribution in [2.75, 3.05) is 5.75 Å². The number of rotatable bonds is 6. The second kappa shape index (κ2) is 8.22. The van der Waals surface area contributed by atoms with Gasteiger partial charge in [-0.2, -0.15) is 0 Å². The molecule has 0 saturated heterocycles. The number of carbonyl (C=O) groups is 1. The fraction of sp³-hybridized carbons (Fsp3) is 0.778. The first kappa shape index (κ1) is 18.4. The molecule has 1 aromatic heterocycles. The molecule has 0 aromatic carbocycles. The monoisotopic (exact) mass is 337 g/mol. The Morgan fingerprint density at radius 2 is 2.04 bits per heavy atom. The second-order valence-corrected chi connectivity index (χ2v) is 8.24. The molecule has 5 heteroatoms. The molecular formula is C18H31N3OS. The maximum Gasteiger partial charge on any atom is 0.230 e. The topological polar surface area (TPSA) is 46.9 Å². The van der Waals surface area contributed by atoms with Crippen LogP contribution < -0.4 is 5.32 Å². The van der Waals surface area contributed by atoms with E-state index in [4.69, 9.17) is 0 Å². The Hall–Kier alpha value is -0.970. The molecule has 1 fully saturated rings. The van der Waals surface area contributed by atoms with Crippen molar-refractivity contribution in [2.45, 2.75) is 78.0 Å². The predicted molar refractivity (Wildman–Crippen MR) is 96.8 cm³/mol. The summed E-state index contributed by atoms with van der Waals surface area (Å²) in [5.41, 5.74) is 2.27. The van der Waals surface area contributed by atoms with Crippen molar-refractivity contribution in [1.29, 1.82) is 0 Å². The Morgan fingerprint density at radius 3 is 2.70 bits per heavy atom. The van der Waals surface area contributed by atoms with Gasteiger partial charge in [-0.3, -0.25) is 4.79 Å². The zero-order valence-corrected chi connectivity index (χ0v) is 16.0. The number of imidazole rings is 1. The number of nitrogens with one attached hydrogen (secondary N) is 1. The highest BCUT2D eigenvalue weighted by atomic mass is 32.2. The highest BCUT2D eigenvalue weighted by Crippen LogP contribution is 2.25. The molecule has 0 aliphatic heterocycles. The predicted octanol–water partition coefficient (Wildman–Crippen LogP) is 3.94. The van der Waals surface area contributed by atoms with Crippen LogP contribution in [0.15, 0.2) is 5.16 Å². The number of aryl methyl sites for hydroxylation is 1. The third-order valence-corrected chi connectivity index (χ3v) is 5.74. The molecule has 23 heavy (non-hydrogen) atoms. The van der Waals surface area contributed by atoms with E-state index in [-0.39, 0.29) is 5.91 Å². The van der Waals surface area contributed by atoms with Crippen LogP contribution >= 0.6 is 11.8 Å². The standard InChI is InChI=1S/C18H31N3OS/c1-12(2)10-21-15(5)14(4)19-18(21)23-11-17(22)20-16-9-7-6-8-13(16)3/h12-13,16H,6-11H2,1-5H3,(H,20,22)/t13-,16-/m0/s1. The van der Waals surface area contributed by atoms with Gasteiger partial charge in [0.25, 0.3) is 0 Å². The Labute approximate surface area is 144 Å². The fourth-order valence-electron chi connectivity index (χ4n) is 3.22. The van der Waals surface area contributed by atoms with E-state index < -0.39 is 0 Å². The SMILES string of the molecule is Cc1nc(SCC(=O)N[C@H]2CCCC[C@@H]2C)n(CC(C)C)c1C. The van der Waals surface area contributed by atoms with Crippen molar-refractivity contribution in [1.82, 2.24) is 14.9 Å². The number of carbonyl (C=O) groups excluding carboxylic acids is 1. The molecule has 1 N–H and O–H groups in total. The number of hydrogen-bond donors (Lipinski definition) is 1. The lowest BCUT2D eigenvalue weighted by atomic mass is 9.86. The summed E-state index contributed by atoms with van der Waals surface area (Å²) in [6.45, 7) is 11.8. The van der Waals surface area contributed by atoms with Gasteiger partial charge < -0.3 is 9.88 Å². The summed E-state index contributed by atoms with van der Waals surface area (Å²) in [5.74, 6) is 1.77. The summed E-state index contributed by atoms with van der Waals surface area (Å²) >= 11 is 1.56. The van der Waals surface area contributed by atoms with E-state index in [9.17, 15) is 4.79 Å². The molecule has 2 rings (SSSR count). The van der Waals surface area contributed by atoms with Crippen molar-refractivity contribution >= 4 is 17.7 Å². The van der Waals surface area contributed by atoms with E-state index >= 15 is 0 Å². The summed E-state index contributed by atoms with van der Waals surface area (Å²) < 4.78 is 2.25. The van der Waals surface area contributed by atoms with Gasteiger partial charge in [-0.15, -0.1) is 0 Å². The van der Waals surface area contributed by atoms with Crippen molar-refractivity contribution < 1.29 is 4.79 Å². The highest BCUT2D eigenvalue weighted by molar-refractivity contribution is 7.99. The number of aromatic nitrogens is 2. The van der Waals surface area contributed by atoms with Crippen LogP contribution in [0.1, 0.15) is 57.8 Å². The van der Waals surface area contributed by atoms with Gasteiger partial charge in [0, 0.05) is 18.3 Å². The zero-order valence-electron chi connectivity index (χ0n) is 15.2. The second-order valence-electron chi connectivity index (χ2n) is 7.29. The summed E-state index contributed by atoms with van der Waals surface area (Å²) in [5, 5.41) is 4.20. The number of nitrogens with zero attached hydrogens (tertiary/aromatic N) is 2. The van der Waals surface area contributed by atoms with Crippen molar-refractivity contribution in [3.63, 3.8) is 0 Å². The maximum atomic E-state index is 12.3. The first-order valence-electron chi connectivity index (χ1n) is 8.84. The van der Waals surface area contributed by atoms with Crippen LogP contribution in [-0.4, -0.2) is 27.3 Å². The van der Waals surface area contributed by atoms with Crippen LogP contribution in [0.5, 0.6) is 0 Å². The normalized spacial score (nSPS) is 21.7. The van der Waals surface area contributed by atoms with Crippen molar-refractivity contribution in [3.8, 4) is 0 Å². The van der Waals surface area contributed by atoms with Gasteiger partial charge in [0.2, 0.25) is 5.91 Å². The van der Waals surface area contributed by atoms with E-state index in [0.29, 0.717) is 23.6 Å². The lowest BCUT2D eigenvalue weighted by molar-refractivity contribution is -0.119. The Kier molecular flexibility index (Phi) is 6.57. The summed E-state index contributed by atoms with van der Waals surface area (Å²) in [7, 11) is 0. The minimum Gasteiger partial charge on any atom is -0.352 e. The van der Waals surface area contributed by atoms with Crippen molar-refractivity contribution in [3.05, 3.63) is 11.4 Å². The molecule has 0 spiro atoms. The van der Waals surface area contributed by atoms with E-state index in [1.807, 2.05) is 6.92 Å². The summed E-state index contributed by atoms with van der Waals surface area (Å²) in [6, 6.07) is 0.357. The molecule has 2 atom stereocenters. The summed E-state index contributed by atoms with van der Waals surface area (Å²) in [4.78, 5) is 16.9. The highest BCUT2D eigenvalue weighted by Gasteiger charge is 2.23. The smallest absolute Gasteiger partial charge is 0.230 e. The quantitative estimate of drug-likeness (QED) is 0.800. The van der Waals surface area contributed by atoms with Gasteiger partial charge >= 0.3 is 0 Å². The largest absolute Gasteiger partial charge is 0.352 e. The average molecular weight is 338 g/mol. The van der Waals surface area contributed by atoms with Crippen LogP contribution in [0.3, 0.4) is 0 Å². The molecule has 1 heterocycles. The molecule has 4 nitrogen and oxygen atoms in total. The molecule has 1 amide bonds. The lowest BCUT2D eigenvalue weighted by Crippen LogP contribution is -2.41.